The summed E-state index contributed by atoms with van der Waals surface area (Å²) >= 11 is 0. The van der Waals surface area contributed by atoms with Gasteiger partial charge in [-0.25, -0.2) is 4.39 Å². The normalized spacial score (nSPS) is 14.8. The molecule has 0 bridgehead atoms. The van der Waals surface area contributed by atoms with E-state index in [-0.39, 0.29) is 17.9 Å². The molecule has 0 spiro atoms. The number of nitrogens with one attached hydrogen (secondary N) is 1. The second kappa shape index (κ2) is 5.82. The molecule has 1 aromatic rings. The summed E-state index contributed by atoms with van der Waals surface area (Å²) in [4.78, 5) is 0. The second-order valence-corrected chi connectivity index (χ2v) is 3.88. The molecular formula is C12H18FNO2. The molecule has 3 nitrogen and oxygen atoms in total. The molecule has 0 aliphatic heterocycles. The van der Waals surface area contributed by atoms with Crippen molar-refractivity contribution in [3.63, 3.8) is 0 Å². The van der Waals surface area contributed by atoms with Gasteiger partial charge in [-0.2, -0.15) is 0 Å². The molecule has 2 N–H and O–H groups in total. The average Bonchev–Trinajstić information content (AvgIpc) is 2.25. The third-order valence-corrected chi connectivity index (χ3v) is 2.56. The molecular weight excluding hydrogens is 209 g/mol. The molecule has 0 saturated heterocycles. The summed E-state index contributed by atoms with van der Waals surface area (Å²) in [5.41, 5.74) is 0.543. The number of methoxy groups -OCH3 is 1. The van der Waals surface area contributed by atoms with Crippen LogP contribution in [0.3, 0.4) is 0 Å². The third-order valence-electron chi connectivity index (χ3n) is 2.56. The first-order valence-corrected chi connectivity index (χ1v) is 5.29. The number of phenolic OH excluding ortho intramolecular Hbond substituents is 1. The Hall–Kier alpha value is -1.13. The molecule has 90 valence electrons. The maximum atomic E-state index is 13.5. The average molecular weight is 227 g/mol. The number of halogens is 1. The Morgan fingerprint density at radius 3 is 2.69 bits per heavy atom. The van der Waals surface area contributed by atoms with Crippen LogP contribution in [-0.4, -0.2) is 24.9 Å². The quantitative estimate of drug-likeness (QED) is 0.810. The van der Waals surface area contributed by atoms with Crippen molar-refractivity contribution in [2.45, 2.75) is 26.0 Å². The standard InChI is InChI=1S/C12H18FNO2/c1-8(16-3)7-14-9(2)11-5-4-10(15)6-12(11)13/h4-6,8-9,14-15H,7H2,1-3H3. The van der Waals surface area contributed by atoms with E-state index in [0.717, 1.165) is 6.07 Å². The van der Waals surface area contributed by atoms with E-state index < -0.39 is 5.82 Å². The molecule has 0 saturated carbocycles. The van der Waals surface area contributed by atoms with Gasteiger partial charge in [-0.1, -0.05) is 6.07 Å². The van der Waals surface area contributed by atoms with Gasteiger partial charge < -0.3 is 15.2 Å². The van der Waals surface area contributed by atoms with Crippen LogP contribution in [0.5, 0.6) is 5.75 Å². The van der Waals surface area contributed by atoms with Gasteiger partial charge in [-0.15, -0.1) is 0 Å². The lowest BCUT2D eigenvalue weighted by Gasteiger charge is -2.17. The number of aromatic hydroxyl groups is 1. The summed E-state index contributed by atoms with van der Waals surface area (Å²) in [5, 5.41) is 12.3. The van der Waals surface area contributed by atoms with E-state index in [1.807, 2.05) is 13.8 Å². The molecule has 2 atom stereocenters. The summed E-state index contributed by atoms with van der Waals surface area (Å²) in [7, 11) is 1.64. The van der Waals surface area contributed by atoms with Crippen LogP contribution >= 0.6 is 0 Å². The number of rotatable bonds is 5. The van der Waals surface area contributed by atoms with Crippen molar-refractivity contribution >= 4 is 0 Å². The topological polar surface area (TPSA) is 41.5 Å². The molecule has 1 rings (SSSR count). The summed E-state index contributed by atoms with van der Waals surface area (Å²) in [5.74, 6) is -0.455. The van der Waals surface area contributed by atoms with Gasteiger partial charge in [-0.3, -0.25) is 0 Å². The van der Waals surface area contributed by atoms with Gasteiger partial charge in [-0.05, 0) is 19.9 Å². The highest BCUT2D eigenvalue weighted by Crippen LogP contribution is 2.20. The van der Waals surface area contributed by atoms with Crippen molar-refractivity contribution < 1.29 is 14.2 Å². The summed E-state index contributed by atoms with van der Waals surface area (Å²) in [6.07, 6.45) is 0.0858. The van der Waals surface area contributed by atoms with Crippen molar-refractivity contribution in [3.05, 3.63) is 29.6 Å². The van der Waals surface area contributed by atoms with Gasteiger partial charge in [0, 0.05) is 31.3 Å². The summed E-state index contributed by atoms with van der Waals surface area (Å²) < 4.78 is 18.6. The van der Waals surface area contributed by atoms with Gasteiger partial charge in [0.05, 0.1) is 6.10 Å². The number of hydrogen-bond acceptors (Lipinski definition) is 3. The molecule has 0 radical (unpaired) electrons. The van der Waals surface area contributed by atoms with Crippen LogP contribution in [0.4, 0.5) is 4.39 Å². The highest BCUT2D eigenvalue weighted by molar-refractivity contribution is 5.29. The molecule has 0 aliphatic rings. The van der Waals surface area contributed by atoms with E-state index in [9.17, 15) is 4.39 Å². The largest absolute Gasteiger partial charge is 0.508 e. The zero-order valence-electron chi connectivity index (χ0n) is 9.83. The lowest BCUT2D eigenvalue weighted by atomic mass is 10.1. The fourth-order valence-corrected chi connectivity index (χ4v) is 1.40. The minimum absolute atomic E-state index is 0.0568. The van der Waals surface area contributed by atoms with Crippen molar-refractivity contribution in [1.29, 1.82) is 0 Å². The predicted octanol–water partition coefficient (Wildman–Crippen LogP) is 2.22. The van der Waals surface area contributed by atoms with Crippen LogP contribution in [0.25, 0.3) is 0 Å². The highest BCUT2D eigenvalue weighted by Gasteiger charge is 2.11. The van der Waals surface area contributed by atoms with Crippen molar-refractivity contribution in [3.8, 4) is 5.75 Å². The van der Waals surface area contributed by atoms with E-state index in [0.29, 0.717) is 12.1 Å². The third kappa shape index (κ3) is 3.47. The Bertz CT molecular complexity index is 344. The number of benzene rings is 1. The van der Waals surface area contributed by atoms with Gasteiger partial charge in [0.1, 0.15) is 11.6 Å². The van der Waals surface area contributed by atoms with Crippen LogP contribution in [0.15, 0.2) is 18.2 Å². The number of ether oxygens (including phenoxy) is 1. The maximum absolute atomic E-state index is 13.5. The fourth-order valence-electron chi connectivity index (χ4n) is 1.40. The maximum Gasteiger partial charge on any atom is 0.131 e. The lowest BCUT2D eigenvalue weighted by molar-refractivity contribution is 0.114. The molecule has 0 fully saturated rings. The number of hydrogen-bond donors (Lipinski definition) is 2. The molecule has 2 unspecified atom stereocenters. The van der Waals surface area contributed by atoms with Crippen molar-refractivity contribution in [1.82, 2.24) is 5.32 Å². The molecule has 0 aliphatic carbocycles. The van der Waals surface area contributed by atoms with Gasteiger partial charge in [0.15, 0.2) is 0 Å². The fraction of sp³-hybridized carbons (Fsp3) is 0.500. The monoisotopic (exact) mass is 227 g/mol. The molecule has 16 heavy (non-hydrogen) atoms. The van der Waals surface area contributed by atoms with E-state index in [4.69, 9.17) is 9.84 Å². The van der Waals surface area contributed by atoms with E-state index >= 15 is 0 Å². The Labute approximate surface area is 95.2 Å². The second-order valence-electron chi connectivity index (χ2n) is 3.88. The minimum Gasteiger partial charge on any atom is -0.508 e. The van der Waals surface area contributed by atoms with Crippen molar-refractivity contribution in [2.75, 3.05) is 13.7 Å². The first-order chi connectivity index (χ1) is 7.54. The van der Waals surface area contributed by atoms with E-state index in [1.54, 1.807) is 13.2 Å². The SMILES string of the molecule is COC(C)CNC(C)c1ccc(O)cc1F. The summed E-state index contributed by atoms with van der Waals surface area (Å²) in [6, 6.07) is 4.07. The zero-order valence-corrected chi connectivity index (χ0v) is 9.83. The Balaban J connectivity index is 2.62. The number of phenols is 1. The van der Waals surface area contributed by atoms with Crippen LogP contribution in [-0.2, 0) is 4.74 Å². The highest BCUT2D eigenvalue weighted by atomic mass is 19.1. The van der Waals surface area contributed by atoms with E-state index in [2.05, 4.69) is 5.32 Å². The van der Waals surface area contributed by atoms with Crippen LogP contribution in [0.2, 0.25) is 0 Å². The summed E-state index contributed by atoms with van der Waals surface area (Å²) in [6.45, 7) is 4.46. The lowest BCUT2D eigenvalue weighted by Crippen LogP contribution is -2.28. The van der Waals surface area contributed by atoms with Gasteiger partial charge in [0.2, 0.25) is 0 Å². The first kappa shape index (κ1) is 12.9. The molecule has 1 aromatic carbocycles. The van der Waals surface area contributed by atoms with Gasteiger partial charge >= 0.3 is 0 Å². The van der Waals surface area contributed by atoms with Crippen molar-refractivity contribution in [2.24, 2.45) is 0 Å². The Kier molecular flexibility index (Phi) is 4.71. The minimum atomic E-state index is -0.398. The predicted molar refractivity (Wildman–Crippen MR) is 61.0 cm³/mol. The first-order valence-electron chi connectivity index (χ1n) is 5.29. The van der Waals surface area contributed by atoms with Crippen LogP contribution < -0.4 is 5.32 Å². The Morgan fingerprint density at radius 1 is 1.44 bits per heavy atom. The van der Waals surface area contributed by atoms with E-state index in [1.165, 1.54) is 6.07 Å². The van der Waals surface area contributed by atoms with Crippen LogP contribution in [0, 0.1) is 5.82 Å². The Morgan fingerprint density at radius 2 is 2.12 bits per heavy atom. The molecule has 4 heteroatoms. The smallest absolute Gasteiger partial charge is 0.131 e. The molecule has 0 heterocycles. The molecule has 0 amide bonds. The zero-order chi connectivity index (χ0) is 12.1. The molecule has 0 aromatic heterocycles. The van der Waals surface area contributed by atoms with Crippen LogP contribution in [0.1, 0.15) is 25.5 Å². The van der Waals surface area contributed by atoms with Gasteiger partial charge in [0.25, 0.3) is 0 Å².